The Hall–Kier alpha value is -2.30. The molecule has 0 atom stereocenters. The minimum absolute atomic E-state index is 0.0908. The van der Waals surface area contributed by atoms with E-state index in [0.717, 1.165) is 17.7 Å². The van der Waals surface area contributed by atoms with Crippen molar-refractivity contribution in [3.8, 4) is 11.1 Å². The van der Waals surface area contributed by atoms with Crippen LogP contribution in [0.5, 0.6) is 0 Å². The standard InChI is InChI=1S/C16H13F3O2/c1-9-6-10(2)14(15(20)21)8-13(9)11-4-3-5-12(7-11)16(17,18)19/h3-8H,1-2H3,(H,20,21). The van der Waals surface area contributed by atoms with Crippen molar-refractivity contribution in [2.45, 2.75) is 20.0 Å². The predicted molar refractivity (Wildman–Crippen MR) is 73.3 cm³/mol. The fraction of sp³-hybridized carbons (Fsp3) is 0.188. The number of hydrogen-bond donors (Lipinski definition) is 1. The molecule has 0 unspecified atom stereocenters. The zero-order chi connectivity index (χ0) is 15.8. The summed E-state index contributed by atoms with van der Waals surface area (Å²) in [6, 6.07) is 7.96. The number of aromatic carboxylic acids is 1. The molecule has 0 aliphatic carbocycles. The quantitative estimate of drug-likeness (QED) is 0.872. The van der Waals surface area contributed by atoms with Crippen LogP contribution in [0.1, 0.15) is 27.0 Å². The van der Waals surface area contributed by atoms with E-state index in [0.29, 0.717) is 16.7 Å². The van der Waals surface area contributed by atoms with Gasteiger partial charge in [0.1, 0.15) is 0 Å². The molecule has 5 heteroatoms. The summed E-state index contributed by atoms with van der Waals surface area (Å²) in [5, 5.41) is 9.13. The molecule has 1 N–H and O–H groups in total. The van der Waals surface area contributed by atoms with Crippen LogP contribution < -0.4 is 0 Å². The van der Waals surface area contributed by atoms with Crippen molar-refractivity contribution >= 4 is 5.97 Å². The summed E-state index contributed by atoms with van der Waals surface area (Å²) in [5.41, 5.74) is 1.49. The molecule has 2 nitrogen and oxygen atoms in total. The molecule has 0 heterocycles. The molecule has 110 valence electrons. The largest absolute Gasteiger partial charge is 0.478 e. The van der Waals surface area contributed by atoms with E-state index in [1.165, 1.54) is 12.1 Å². The number of alkyl halides is 3. The van der Waals surface area contributed by atoms with Gasteiger partial charge in [0, 0.05) is 0 Å². The molecule has 0 bridgehead atoms. The fourth-order valence-electron chi connectivity index (χ4n) is 2.26. The zero-order valence-corrected chi connectivity index (χ0v) is 11.5. The van der Waals surface area contributed by atoms with Crippen molar-refractivity contribution in [1.82, 2.24) is 0 Å². The molecule has 0 fully saturated rings. The van der Waals surface area contributed by atoms with E-state index < -0.39 is 17.7 Å². The first-order chi connectivity index (χ1) is 9.70. The highest BCUT2D eigenvalue weighted by Crippen LogP contribution is 2.33. The first-order valence-corrected chi connectivity index (χ1v) is 6.22. The van der Waals surface area contributed by atoms with Crippen molar-refractivity contribution in [2.24, 2.45) is 0 Å². The summed E-state index contributed by atoms with van der Waals surface area (Å²) in [6.45, 7) is 3.40. The number of rotatable bonds is 2. The molecule has 0 radical (unpaired) electrons. The third kappa shape index (κ3) is 3.07. The van der Waals surface area contributed by atoms with Crippen LogP contribution in [0.15, 0.2) is 36.4 Å². The number of benzene rings is 2. The average molecular weight is 294 g/mol. The fourth-order valence-corrected chi connectivity index (χ4v) is 2.26. The van der Waals surface area contributed by atoms with Crippen LogP contribution in [-0.2, 0) is 6.18 Å². The molecular weight excluding hydrogens is 281 g/mol. The van der Waals surface area contributed by atoms with Crippen molar-refractivity contribution in [2.75, 3.05) is 0 Å². The van der Waals surface area contributed by atoms with Gasteiger partial charge in [-0.25, -0.2) is 4.79 Å². The number of carboxylic acid groups (broad SMARTS) is 1. The Labute approximate surface area is 119 Å². The summed E-state index contributed by atoms with van der Waals surface area (Å²) in [5.74, 6) is -1.10. The third-order valence-electron chi connectivity index (χ3n) is 3.30. The summed E-state index contributed by atoms with van der Waals surface area (Å²) < 4.78 is 38.3. The lowest BCUT2D eigenvalue weighted by atomic mass is 9.94. The minimum atomic E-state index is -4.43. The van der Waals surface area contributed by atoms with E-state index in [4.69, 9.17) is 5.11 Å². The molecule has 0 spiro atoms. The van der Waals surface area contributed by atoms with Crippen molar-refractivity contribution in [3.05, 3.63) is 58.7 Å². The second-order valence-corrected chi connectivity index (χ2v) is 4.87. The average Bonchev–Trinajstić information content (AvgIpc) is 2.37. The van der Waals surface area contributed by atoms with Crippen molar-refractivity contribution in [3.63, 3.8) is 0 Å². The first kappa shape index (κ1) is 15.1. The third-order valence-corrected chi connectivity index (χ3v) is 3.30. The Kier molecular flexibility index (Phi) is 3.77. The van der Waals surface area contributed by atoms with Crippen LogP contribution in [0.4, 0.5) is 13.2 Å². The second-order valence-electron chi connectivity index (χ2n) is 4.87. The van der Waals surface area contributed by atoms with E-state index in [1.54, 1.807) is 26.0 Å². The lowest BCUT2D eigenvalue weighted by molar-refractivity contribution is -0.137. The van der Waals surface area contributed by atoms with E-state index in [1.807, 2.05) is 0 Å². The molecule has 2 aromatic rings. The van der Waals surface area contributed by atoms with Crippen LogP contribution in [-0.4, -0.2) is 11.1 Å². The van der Waals surface area contributed by atoms with Crippen LogP contribution in [0.25, 0.3) is 11.1 Å². The summed E-state index contributed by atoms with van der Waals surface area (Å²) >= 11 is 0. The molecule has 2 rings (SSSR count). The normalized spacial score (nSPS) is 11.5. The number of aryl methyl sites for hydroxylation is 2. The Morgan fingerprint density at radius 3 is 2.29 bits per heavy atom. The van der Waals surface area contributed by atoms with Gasteiger partial charge in [0.15, 0.2) is 0 Å². The SMILES string of the molecule is Cc1cc(C)c(-c2cccc(C(F)(F)F)c2)cc1C(=O)O. The monoisotopic (exact) mass is 294 g/mol. The lowest BCUT2D eigenvalue weighted by Crippen LogP contribution is -2.05. The molecule has 0 amide bonds. The molecule has 0 aliphatic rings. The molecule has 0 saturated carbocycles. The molecule has 0 aliphatic heterocycles. The van der Waals surface area contributed by atoms with E-state index in [2.05, 4.69) is 0 Å². The summed E-state index contributed by atoms with van der Waals surface area (Å²) in [6.07, 6.45) is -4.43. The van der Waals surface area contributed by atoms with Crippen LogP contribution >= 0.6 is 0 Å². The number of hydrogen-bond acceptors (Lipinski definition) is 1. The van der Waals surface area contributed by atoms with Gasteiger partial charge in [0.05, 0.1) is 11.1 Å². The van der Waals surface area contributed by atoms with E-state index in [-0.39, 0.29) is 5.56 Å². The molecule has 0 aromatic heterocycles. The van der Waals surface area contributed by atoms with Crippen LogP contribution in [0.3, 0.4) is 0 Å². The van der Waals surface area contributed by atoms with Gasteiger partial charge < -0.3 is 5.11 Å². The summed E-state index contributed by atoms with van der Waals surface area (Å²) in [4.78, 5) is 11.2. The zero-order valence-electron chi connectivity index (χ0n) is 11.5. The van der Waals surface area contributed by atoms with Crippen molar-refractivity contribution < 1.29 is 23.1 Å². The molecule has 2 aromatic carbocycles. The van der Waals surface area contributed by atoms with E-state index >= 15 is 0 Å². The van der Waals surface area contributed by atoms with Gasteiger partial charge in [-0.15, -0.1) is 0 Å². The lowest BCUT2D eigenvalue weighted by Gasteiger charge is -2.12. The predicted octanol–water partition coefficient (Wildman–Crippen LogP) is 4.69. The highest BCUT2D eigenvalue weighted by molar-refractivity contribution is 5.91. The maximum Gasteiger partial charge on any atom is 0.416 e. The maximum absolute atomic E-state index is 12.8. The van der Waals surface area contributed by atoms with Crippen LogP contribution in [0, 0.1) is 13.8 Å². The van der Waals surface area contributed by atoms with Gasteiger partial charge in [-0.3, -0.25) is 0 Å². The van der Waals surface area contributed by atoms with Crippen LogP contribution in [0.2, 0.25) is 0 Å². The topological polar surface area (TPSA) is 37.3 Å². The Morgan fingerprint density at radius 1 is 1.05 bits per heavy atom. The number of halogens is 3. The molecular formula is C16H13F3O2. The minimum Gasteiger partial charge on any atom is -0.478 e. The summed E-state index contributed by atoms with van der Waals surface area (Å²) in [7, 11) is 0. The number of carboxylic acids is 1. The Morgan fingerprint density at radius 2 is 1.71 bits per heavy atom. The number of carbonyl (C=O) groups is 1. The molecule has 21 heavy (non-hydrogen) atoms. The maximum atomic E-state index is 12.8. The highest BCUT2D eigenvalue weighted by Gasteiger charge is 2.30. The smallest absolute Gasteiger partial charge is 0.416 e. The highest BCUT2D eigenvalue weighted by atomic mass is 19.4. The van der Waals surface area contributed by atoms with Gasteiger partial charge >= 0.3 is 12.1 Å². The van der Waals surface area contributed by atoms with Gasteiger partial charge in [0.2, 0.25) is 0 Å². The van der Waals surface area contributed by atoms with Gasteiger partial charge in [-0.05, 0) is 54.3 Å². The van der Waals surface area contributed by atoms with Gasteiger partial charge in [-0.2, -0.15) is 13.2 Å². The van der Waals surface area contributed by atoms with E-state index in [9.17, 15) is 18.0 Å². The van der Waals surface area contributed by atoms with Crippen molar-refractivity contribution in [1.29, 1.82) is 0 Å². The Balaban J connectivity index is 2.62. The second kappa shape index (κ2) is 5.24. The van der Waals surface area contributed by atoms with Gasteiger partial charge in [-0.1, -0.05) is 18.2 Å². The molecule has 0 saturated heterocycles. The Bertz CT molecular complexity index is 703. The first-order valence-electron chi connectivity index (χ1n) is 6.22. The van der Waals surface area contributed by atoms with Gasteiger partial charge in [0.25, 0.3) is 0 Å².